The molecule has 0 unspecified atom stereocenters. The predicted octanol–water partition coefficient (Wildman–Crippen LogP) is 3.96. The van der Waals surface area contributed by atoms with Crippen molar-refractivity contribution in [3.8, 4) is 0 Å². The molecule has 0 saturated carbocycles. The van der Waals surface area contributed by atoms with Crippen LogP contribution in [0.5, 0.6) is 0 Å². The van der Waals surface area contributed by atoms with Gasteiger partial charge in [0.2, 0.25) is 5.91 Å². The Labute approximate surface area is 131 Å². The summed E-state index contributed by atoms with van der Waals surface area (Å²) >= 11 is 3.14. The van der Waals surface area contributed by atoms with E-state index < -0.39 is 0 Å². The lowest BCUT2D eigenvalue weighted by Gasteiger charge is -2.04. The highest BCUT2D eigenvalue weighted by Crippen LogP contribution is 2.16. The lowest BCUT2D eigenvalue weighted by molar-refractivity contribution is -0.116. The fourth-order valence-corrected chi connectivity index (χ4v) is 2.25. The minimum Gasteiger partial charge on any atom is -0.352 e. The van der Waals surface area contributed by atoms with Crippen molar-refractivity contribution in [3.05, 3.63) is 76.0 Å². The molecule has 0 aliphatic carbocycles. The van der Waals surface area contributed by atoms with E-state index in [0.29, 0.717) is 17.4 Å². The standard InChI is InChI=1S/C17H15BrFNO/c18-15-12-14(6-8-16(15)19)10-11-20-17(21)9-7-13-4-2-1-3-5-13/h1-9,12H,10-11H2,(H,20,21). The summed E-state index contributed by atoms with van der Waals surface area (Å²) in [6.07, 6.45) is 3.93. The molecule has 0 aromatic heterocycles. The van der Waals surface area contributed by atoms with E-state index in [9.17, 15) is 9.18 Å². The molecule has 0 atom stereocenters. The summed E-state index contributed by atoms with van der Waals surface area (Å²) in [6, 6.07) is 14.5. The summed E-state index contributed by atoms with van der Waals surface area (Å²) in [4.78, 5) is 11.7. The van der Waals surface area contributed by atoms with Crippen molar-refractivity contribution in [1.29, 1.82) is 0 Å². The maximum atomic E-state index is 13.1. The molecule has 2 aromatic rings. The number of carbonyl (C=O) groups excluding carboxylic acids is 1. The van der Waals surface area contributed by atoms with Crippen LogP contribution in [0.4, 0.5) is 4.39 Å². The summed E-state index contributed by atoms with van der Waals surface area (Å²) in [5.41, 5.74) is 1.95. The second-order valence-electron chi connectivity index (χ2n) is 4.53. The number of hydrogen-bond acceptors (Lipinski definition) is 1. The zero-order valence-corrected chi connectivity index (χ0v) is 12.9. The van der Waals surface area contributed by atoms with Crippen LogP contribution in [0.2, 0.25) is 0 Å². The Balaban J connectivity index is 1.79. The van der Waals surface area contributed by atoms with Crippen molar-refractivity contribution >= 4 is 27.9 Å². The number of benzene rings is 2. The molecule has 4 heteroatoms. The Hall–Kier alpha value is -1.94. The van der Waals surface area contributed by atoms with Crippen LogP contribution in [0.1, 0.15) is 11.1 Å². The number of halogens is 2. The number of carbonyl (C=O) groups is 1. The summed E-state index contributed by atoms with van der Waals surface area (Å²) < 4.78 is 13.5. The first-order valence-electron chi connectivity index (χ1n) is 6.60. The molecule has 0 heterocycles. The molecule has 108 valence electrons. The summed E-state index contributed by atoms with van der Waals surface area (Å²) in [7, 11) is 0. The topological polar surface area (TPSA) is 29.1 Å². The van der Waals surface area contributed by atoms with Gasteiger partial charge in [-0.15, -0.1) is 0 Å². The maximum Gasteiger partial charge on any atom is 0.244 e. The molecule has 2 aromatic carbocycles. The minimum atomic E-state index is -0.284. The number of hydrogen-bond donors (Lipinski definition) is 1. The Morgan fingerprint density at radius 1 is 1.19 bits per heavy atom. The van der Waals surface area contributed by atoms with Gasteiger partial charge in [0.1, 0.15) is 5.82 Å². The average molecular weight is 348 g/mol. The maximum absolute atomic E-state index is 13.1. The van der Waals surface area contributed by atoms with Gasteiger partial charge in [-0.1, -0.05) is 36.4 Å². The zero-order valence-electron chi connectivity index (χ0n) is 11.4. The fraction of sp³-hybridized carbons (Fsp3) is 0.118. The van der Waals surface area contributed by atoms with E-state index in [2.05, 4.69) is 21.2 Å². The summed E-state index contributed by atoms with van der Waals surface area (Å²) in [5, 5.41) is 2.80. The molecule has 21 heavy (non-hydrogen) atoms. The molecule has 0 fully saturated rings. The van der Waals surface area contributed by atoms with Gasteiger partial charge in [-0.05, 0) is 51.7 Å². The van der Waals surface area contributed by atoms with Gasteiger partial charge in [0, 0.05) is 12.6 Å². The van der Waals surface area contributed by atoms with Crippen molar-refractivity contribution in [1.82, 2.24) is 5.32 Å². The molecular formula is C17H15BrFNO. The normalized spacial score (nSPS) is 10.8. The Morgan fingerprint density at radius 2 is 1.95 bits per heavy atom. The molecule has 1 amide bonds. The SMILES string of the molecule is O=C(C=Cc1ccccc1)NCCc1ccc(F)c(Br)c1. The molecule has 2 rings (SSSR count). The van der Waals surface area contributed by atoms with E-state index in [1.165, 1.54) is 12.1 Å². The highest BCUT2D eigenvalue weighted by Gasteiger charge is 2.01. The lowest BCUT2D eigenvalue weighted by Crippen LogP contribution is -2.23. The van der Waals surface area contributed by atoms with E-state index in [1.54, 1.807) is 18.2 Å². The summed E-state index contributed by atoms with van der Waals surface area (Å²) in [6.45, 7) is 0.510. The van der Waals surface area contributed by atoms with Crippen LogP contribution >= 0.6 is 15.9 Å². The first kappa shape index (κ1) is 15.4. The summed E-state index contributed by atoms with van der Waals surface area (Å²) in [5.74, 6) is -0.423. The third-order valence-corrected chi connectivity index (χ3v) is 3.53. The monoisotopic (exact) mass is 347 g/mol. The van der Waals surface area contributed by atoms with Crippen LogP contribution in [0, 0.1) is 5.82 Å². The van der Waals surface area contributed by atoms with Crippen molar-refractivity contribution in [3.63, 3.8) is 0 Å². The number of amides is 1. The quantitative estimate of drug-likeness (QED) is 0.815. The van der Waals surface area contributed by atoms with E-state index in [1.807, 2.05) is 30.3 Å². The van der Waals surface area contributed by atoms with E-state index in [-0.39, 0.29) is 11.7 Å². The zero-order chi connectivity index (χ0) is 15.1. The van der Waals surface area contributed by atoms with E-state index >= 15 is 0 Å². The Morgan fingerprint density at radius 3 is 2.67 bits per heavy atom. The second kappa shape index (κ2) is 7.74. The number of nitrogens with one attached hydrogen (secondary N) is 1. The van der Waals surface area contributed by atoms with Crippen LogP contribution in [0.25, 0.3) is 6.08 Å². The molecule has 0 radical (unpaired) electrons. The largest absolute Gasteiger partial charge is 0.352 e. The lowest BCUT2D eigenvalue weighted by atomic mass is 10.1. The van der Waals surface area contributed by atoms with Crippen LogP contribution in [-0.4, -0.2) is 12.5 Å². The molecule has 0 spiro atoms. The third-order valence-electron chi connectivity index (χ3n) is 2.92. The van der Waals surface area contributed by atoms with Gasteiger partial charge >= 0.3 is 0 Å². The first-order chi connectivity index (χ1) is 10.1. The molecule has 0 bridgehead atoms. The van der Waals surface area contributed by atoms with Crippen molar-refractivity contribution in [2.24, 2.45) is 0 Å². The van der Waals surface area contributed by atoms with Gasteiger partial charge in [0.25, 0.3) is 0 Å². The molecule has 0 saturated heterocycles. The van der Waals surface area contributed by atoms with Gasteiger partial charge in [-0.25, -0.2) is 4.39 Å². The molecule has 1 N–H and O–H groups in total. The molecule has 2 nitrogen and oxygen atoms in total. The Bertz CT molecular complexity index is 640. The van der Waals surface area contributed by atoms with Gasteiger partial charge < -0.3 is 5.32 Å². The fourth-order valence-electron chi connectivity index (χ4n) is 1.82. The van der Waals surface area contributed by atoms with Crippen molar-refractivity contribution < 1.29 is 9.18 Å². The minimum absolute atomic E-state index is 0.139. The van der Waals surface area contributed by atoms with Crippen molar-refractivity contribution in [2.75, 3.05) is 6.54 Å². The first-order valence-corrected chi connectivity index (χ1v) is 7.39. The molecule has 0 aliphatic rings. The smallest absolute Gasteiger partial charge is 0.244 e. The highest BCUT2D eigenvalue weighted by molar-refractivity contribution is 9.10. The van der Waals surface area contributed by atoms with E-state index in [4.69, 9.17) is 0 Å². The van der Waals surface area contributed by atoms with Gasteiger partial charge in [0.05, 0.1) is 4.47 Å². The Kier molecular flexibility index (Phi) is 5.69. The molecular weight excluding hydrogens is 333 g/mol. The van der Waals surface area contributed by atoms with Crippen LogP contribution in [-0.2, 0) is 11.2 Å². The van der Waals surface area contributed by atoms with E-state index in [0.717, 1.165) is 11.1 Å². The third kappa shape index (κ3) is 5.16. The van der Waals surface area contributed by atoms with Gasteiger partial charge in [-0.3, -0.25) is 4.79 Å². The molecule has 0 aliphatic heterocycles. The predicted molar refractivity (Wildman–Crippen MR) is 86.3 cm³/mol. The van der Waals surface area contributed by atoms with Crippen LogP contribution in [0.15, 0.2) is 59.1 Å². The van der Waals surface area contributed by atoms with Crippen molar-refractivity contribution in [2.45, 2.75) is 6.42 Å². The average Bonchev–Trinajstić information content (AvgIpc) is 2.50. The van der Waals surface area contributed by atoms with Crippen LogP contribution < -0.4 is 5.32 Å². The van der Waals surface area contributed by atoms with Crippen LogP contribution in [0.3, 0.4) is 0 Å². The second-order valence-corrected chi connectivity index (χ2v) is 5.39. The highest BCUT2D eigenvalue weighted by atomic mass is 79.9. The number of rotatable bonds is 5. The van der Waals surface area contributed by atoms with Gasteiger partial charge in [-0.2, -0.15) is 0 Å². The van der Waals surface area contributed by atoms with Gasteiger partial charge in [0.15, 0.2) is 0 Å².